The number of rotatable bonds is 6. The predicted molar refractivity (Wildman–Crippen MR) is 63.8 cm³/mol. The van der Waals surface area contributed by atoms with E-state index < -0.39 is 5.97 Å². The molecular weight excluding hydrogens is 188 g/mol. The molecule has 2 nitrogen and oxygen atoms in total. The van der Waals surface area contributed by atoms with Gasteiger partial charge in [0.15, 0.2) is 0 Å². The maximum absolute atomic E-state index is 10.7. The van der Waals surface area contributed by atoms with Crippen LogP contribution in [0.5, 0.6) is 0 Å². The minimum absolute atomic E-state index is 0.404. The second kappa shape index (κ2) is 6.65. The van der Waals surface area contributed by atoms with Gasteiger partial charge >= 0.3 is 5.97 Å². The van der Waals surface area contributed by atoms with Crippen molar-refractivity contribution >= 4 is 5.97 Å². The van der Waals surface area contributed by atoms with E-state index in [4.69, 9.17) is 5.11 Å². The van der Waals surface area contributed by atoms with E-state index in [1.165, 1.54) is 0 Å². The summed E-state index contributed by atoms with van der Waals surface area (Å²) in [4.78, 5) is 10.7. The monoisotopic (exact) mass is 212 g/mol. The molecule has 88 valence electrons. The van der Waals surface area contributed by atoms with Crippen LogP contribution in [0.2, 0.25) is 0 Å². The van der Waals surface area contributed by atoms with E-state index in [-0.39, 0.29) is 0 Å². The summed E-state index contributed by atoms with van der Waals surface area (Å²) in [5.74, 6) is 0.840. The van der Waals surface area contributed by atoms with Crippen LogP contribution in [-0.4, -0.2) is 11.1 Å². The molecule has 0 unspecified atom stereocenters. The molecule has 0 radical (unpaired) electrons. The van der Waals surface area contributed by atoms with Gasteiger partial charge in [0.25, 0.3) is 0 Å². The number of hydrogen-bond acceptors (Lipinski definition) is 1. The van der Waals surface area contributed by atoms with Crippen LogP contribution in [0.1, 0.15) is 47.5 Å². The van der Waals surface area contributed by atoms with Crippen molar-refractivity contribution in [2.75, 3.05) is 0 Å². The van der Waals surface area contributed by atoms with Gasteiger partial charge in [-0.05, 0) is 37.5 Å². The van der Waals surface area contributed by atoms with E-state index in [2.05, 4.69) is 27.7 Å². The highest BCUT2D eigenvalue weighted by Gasteiger charge is 2.12. The molecule has 15 heavy (non-hydrogen) atoms. The van der Waals surface area contributed by atoms with Gasteiger partial charge in [0.1, 0.15) is 0 Å². The second-order valence-corrected chi connectivity index (χ2v) is 5.17. The van der Waals surface area contributed by atoms with E-state index in [0.717, 1.165) is 12.8 Å². The molecule has 0 amide bonds. The molecular formula is C13H24O2. The topological polar surface area (TPSA) is 37.3 Å². The van der Waals surface area contributed by atoms with Gasteiger partial charge in [-0.1, -0.05) is 33.8 Å². The van der Waals surface area contributed by atoms with Crippen LogP contribution in [-0.2, 0) is 4.79 Å². The molecule has 0 aromatic rings. The van der Waals surface area contributed by atoms with Crippen LogP contribution in [0.3, 0.4) is 0 Å². The van der Waals surface area contributed by atoms with E-state index >= 15 is 0 Å². The normalized spacial score (nSPS) is 12.9. The summed E-state index contributed by atoms with van der Waals surface area (Å²) in [6.45, 7) is 10.4. The Labute approximate surface area is 93.4 Å². The van der Waals surface area contributed by atoms with Crippen molar-refractivity contribution in [3.05, 3.63) is 11.6 Å². The zero-order chi connectivity index (χ0) is 12.0. The molecule has 0 fully saturated rings. The summed E-state index contributed by atoms with van der Waals surface area (Å²) in [5.41, 5.74) is 0.473. The van der Waals surface area contributed by atoms with E-state index in [9.17, 15) is 4.79 Å². The summed E-state index contributed by atoms with van der Waals surface area (Å²) >= 11 is 0. The largest absolute Gasteiger partial charge is 0.478 e. The molecule has 0 saturated heterocycles. The van der Waals surface area contributed by atoms with Gasteiger partial charge in [-0.3, -0.25) is 0 Å². The van der Waals surface area contributed by atoms with Gasteiger partial charge in [-0.2, -0.15) is 0 Å². The maximum Gasteiger partial charge on any atom is 0.330 e. The fourth-order valence-electron chi connectivity index (χ4n) is 1.87. The minimum Gasteiger partial charge on any atom is -0.478 e. The van der Waals surface area contributed by atoms with Gasteiger partial charge in [-0.15, -0.1) is 0 Å². The molecule has 0 heterocycles. The number of aliphatic carboxylic acids is 1. The van der Waals surface area contributed by atoms with Crippen molar-refractivity contribution in [2.24, 2.45) is 17.8 Å². The first-order valence-corrected chi connectivity index (χ1v) is 5.74. The highest BCUT2D eigenvalue weighted by molar-refractivity contribution is 5.85. The number of carbonyl (C=O) groups is 1. The van der Waals surface area contributed by atoms with Gasteiger partial charge in [-0.25, -0.2) is 4.79 Å². The Balaban J connectivity index is 4.48. The number of allylic oxidation sites excluding steroid dienone is 1. The first-order valence-electron chi connectivity index (χ1n) is 5.74. The van der Waals surface area contributed by atoms with Crippen molar-refractivity contribution in [3.63, 3.8) is 0 Å². The SMILES string of the molecule is CC(=CC(CC(C)C)CC(C)C)C(=O)O. The smallest absolute Gasteiger partial charge is 0.330 e. The van der Waals surface area contributed by atoms with Crippen molar-refractivity contribution < 1.29 is 9.90 Å². The lowest BCUT2D eigenvalue weighted by Gasteiger charge is -2.18. The lowest BCUT2D eigenvalue weighted by atomic mass is 9.88. The van der Waals surface area contributed by atoms with E-state index in [0.29, 0.717) is 23.3 Å². The standard InChI is InChI=1S/C13H24O2/c1-9(2)6-12(7-10(3)4)8-11(5)13(14)15/h8-10,12H,6-7H2,1-5H3,(H,14,15). The number of carboxylic acid groups (broad SMARTS) is 1. The lowest BCUT2D eigenvalue weighted by Crippen LogP contribution is -2.08. The summed E-state index contributed by atoms with van der Waals surface area (Å²) in [7, 11) is 0. The van der Waals surface area contributed by atoms with Crippen LogP contribution in [0.4, 0.5) is 0 Å². The molecule has 0 aliphatic heterocycles. The Morgan fingerprint density at radius 3 is 1.80 bits per heavy atom. The zero-order valence-electron chi connectivity index (χ0n) is 10.6. The van der Waals surface area contributed by atoms with Crippen molar-refractivity contribution in [1.82, 2.24) is 0 Å². The van der Waals surface area contributed by atoms with Gasteiger partial charge in [0, 0.05) is 5.57 Å². The fourth-order valence-corrected chi connectivity index (χ4v) is 1.87. The van der Waals surface area contributed by atoms with Crippen molar-refractivity contribution in [2.45, 2.75) is 47.5 Å². The third-order valence-electron chi connectivity index (χ3n) is 2.37. The molecule has 1 N–H and O–H groups in total. The minimum atomic E-state index is -0.799. The van der Waals surface area contributed by atoms with Crippen molar-refractivity contribution in [3.8, 4) is 0 Å². The van der Waals surface area contributed by atoms with E-state index in [1.807, 2.05) is 6.08 Å². The number of hydrogen-bond donors (Lipinski definition) is 1. The molecule has 0 bridgehead atoms. The zero-order valence-corrected chi connectivity index (χ0v) is 10.6. The Kier molecular flexibility index (Phi) is 6.30. The summed E-state index contributed by atoms with van der Waals surface area (Å²) in [6, 6.07) is 0. The average Bonchev–Trinajstić information content (AvgIpc) is 2.00. The maximum atomic E-state index is 10.7. The van der Waals surface area contributed by atoms with Gasteiger partial charge < -0.3 is 5.11 Å². The van der Waals surface area contributed by atoms with Crippen LogP contribution in [0.15, 0.2) is 11.6 Å². The Hall–Kier alpha value is -0.790. The summed E-state index contributed by atoms with van der Waals surface area (Å²) < 4.78 is 0. The molecule has 0 spiro atoms. The Bertz CT molecular complexity index is 217. The van der Waals surface area contributed by atoms with Crippen LogP contribution >= 0.6 is 0 Å². The molecule has 0 aromatic heterocycles. The number of carboxylic acids is 1. The first kappa shape index (κ1) is 14.2. The third kappa shape index (κ3) is 7.18. The third-order valence-corrected chi connectivity index (χ3v) is 2.37. The molecule has 0 rings (SSSR count). The molecule has 0 aromatic carbocycles. The summed E-state index contributed by atoms with van der Waals surface area (Å²) in [5, 5.41) is 8.83. The molecule has 0 atom stereocenters. The van der Waals surface area contributed by atoms with Crippen LogP contribution in [0.25, 0.3) is 0 Å². The second-order valence-electron chi connectivity index (χ2n) is 5.17. The molecule has 0 aliphatic carbocycles. The van der Waals surface area contributed by atoms with Gasteiger partial charge in [0.05, 0.1) is 0 Å². The van der Waals surface area contributed by atoms with Gasteiger partial charge in [0.2, 0.25) is 0 Å². The highest BCUT2D eigenvalue weighted by atomic mass is 16.4. The van der Waals surface area contributed by atoms with Crippen LogP contribution in [0, 0.1) is 17.8 Å². The van der Waals surface area contributed by atoms with Crippen LogP contribution < -0.4 is 0 Å². The Morgan fingerprint density at radius 1 is 1.13 bits per heavy atom. The average molecular weight is 212 g/mol. The molecule has 0 aliphatic rings. The fraction of sp³-hybridized carbons (Fsp3) is 0.769. The lowest BCUT2D eigenvalue weighted by molar-refractivity contribution is -0.132. The predicted octanol–water partition coefficient (Wildman–Crippen LogP) is 3.73. The van der Waals surface area contributed by atoms with E-state index in [1.54, 1.807) is 6.92 Å². The molecule has 0 saturated carbocycles. The first-order chi connectivity index (χ1) is 6.82. The summed E-state index contributed by atoms with van der Waals surface area (Å²) in [6.07, 6.45) is 4.06. The Morgan fingerprint density at radius 2 is 1.53 bits per heavy atom. The van der Waals surface area contributed by atoms with Crippen molar-refractivity contribution in [1.29, 1.82) is 0 Å². The quantitative estimate of drug-likeness (QED) is 0.681. The highest BCUT2D eigenvalue weighted by Crippen LogP contribution is 2.22. The molecule has 2 heteroatoms.